The molecular formula is C18H31NO2. The third-order valence-corrected chi connectivity index (χ3v) is 3.34. The van der Waals surface area contributed by atoms with Gasteiger partial charge in [0.15, 0.2) is 0 Å². The number of nitrogens with one attached hydrogen (secondary N) is 1. The predicted octanol–water partition coefficient (Wildman–Crippen LogP) is 3.81. The Kier molecular flexibility index (Phi) is 7.76. The van der Waals surface area contributed by atoms with E-state index in [0.717, 1.165) is 44.6 Å². The van der Waals surface area contributed by atoms with Gasteiger partial charge in [-0.2, -0.15) is 0 Å². The molecule has 0 amide bonds. The first-order chi connectivity index (χ1) is 9.92. The Morgan fingerprint density at radius 1 is 1.10 bits per heavy atom. The van der Waals surface area contributed by atoms with Crippen LogP contribution in [0.25, 0.3) is 0 Å². The van der Waals surface area contributed by atoms with E-state index in [1.54, 1.807) is 0 Å². The van der Waals surface area contributed by atoms with E-state index in [1.165, 1.54) is 11.1 Å². The molecule has 0 aliphatic heterocycles. The van der Waals surface area contributed by atoms with Crippen molar-refractivity contribution in [3.8, 4) is 5.75 Å². The highest BCUT2D eigenvalue weighted by Gasteiger charge is 2.11. The van der Waals surface area contributed by atoms with Gasteiger partial charge >= 0.3 is 0 Å². The Bertz CT molecular complexity index is 410. The molecule has 21 heavy (non-hydrogen) atoms. The number of aliphatic hydroxyl groups is 1. The van der Waals surface area contributed by atoms with E-state index in [2.05, 4.69) is 51.2 Å². The summed E-state index contributed by atoms with van der Waals surface area (Å²) in [6, 6.07) is 6.37. The zero-order valence-corrected chi connectivity index (χ0v) is 14.0. The fraction of sp³-hybridized carbons (Fsp3) is 0.667. The normalized spacial score (nSPS) is 11.7. The second-order valence-electron chi connectivity index (χ2n) is 6.70. The van der Waals surface area contributed by atoms with E-state index in [0.29, 0.717) is 6.61 Å². The monoisotopic (exact) mass is 293 g/mol. The zero-order valence-electron chi connectivity index (χ0n) is 14.0. The molecule has 120 valence electrons. The number of unbranched alkanes of at least 4 members (excludes halogenated alkanes) is 3. The van der Waals surface area contributed by atoms with Crippen molar-refractivity contribution >= 4 is 0 Å². The first kappa shape index (κ1) is 18.0. The molecule has 0 radical (unpaired) electrons. The lowest BCUT2D eigenvalue weighted by molar-refractivity contribution is 0.272. The van der Waals surface area contributed by atoms with E-state index >= 15 is 0 Å². The number of ether oxygens (including phenoxy) is 1. The van der Waals surface area contributed by atoms with Crippen molar-refractivity contribution in [1.82, 2.24) is 5.32 Å². The maximum atomic E-state index is 8.75. The Morgan fingerprint density at radius 2 is 1.81 bits per heavy atom. The van der Waals surface area contributed by atoms with Crippen molar-refractivity contribution in [2.75, 3.05) is 13.2 Å². The van der Waals surface area contributed by atoms with Gasteiger partial charge in [-0.15, -0.1) is 0 Å². The molecule has 0 aliphatic carbocycles. The molecule has 3 heteroatoms. The van der Waals surface area contributed by atoms with Crippen molar-refractivity contribution in [2.24, 2.45) is 0 Å². The summed E-state index contributed by atoms with van der Waals surface area (Å²) in [5.74, 6) is 0.986. The topological polar surface area (TPSA) is 41.5 Å². The van der Waals surface area contributed by atoms with Crippen molar-refractivity contribution in [1.29, 1.82) is 0 Å². The second-order valence-corrected chi connectivity index (χ2v) is 6.70. The highest BCUT2D eigenvalue weighted by atomic mass is 16.5. The van der Waals surface area contributed by atoms with Crippen molar-refractivity contribution in [3.05, 3.63) is 29.3 Å². The highest BCUT2D eigenvalue weighted by Crippen LogP contribution is 2.21. The van der Waals surface area contributed by atoms with Crippen molar-refractivity contribution in [2.45, 2.75) is 65.5 Å². The summed E-state index contributed by atoms with van der Waals surface area (Å²) in [5.41, 5.74) is 2.59. The van der Waals surface area contributed by atoms with Crippen LogP contribution in [-0.2, 0) is 6.54 Å². The molecule has 0 atom stereocenters. The number of aryl methyl sites for hydroxylation is 1. The smallest absolute Gasteiger partial charge is 0.123 e. The fourth-order valence-electron chi connectivity index (χ4n) is 2.10. The largest absolute Gasteiger partial charge is 0.493 e. The zero-order chi connectivity index (χ0) is 15.7. The molecule has 0 heterocycles. The highest BCUT2D eigenvalue weighted by molar-refractivity contribution is 5.36. The molecule has 0 spiro atoms. The van der Waals surface area contributed by atoms with Crippen LogP contribution in [0.4, 0.5) is 0 Å². The number of aliphatic hydroxyl groups excluding tert-OH is 1. The SMILES string of the molecule is Cc1ccc(OCCCCCCO)c(CNC(C)(C)C)c1. The fourth-order valence-corrected chi connectivity index (χ4v) is 2.10. The van der Waals surface area contributed by atoms with E-state index in [9.17, 15) is 0 Å². The minimum atomic E-state index is 0.102. The minimum Gasteiger partial charge on any atom is -0.493 e. The molecule has 3 nitrogen and oxygen atoms in total. The first-order valence-electron chi connectivity index (χ1n) is 8.00. The van der Waals surface area contributed by atoms with Gasteiger partial charge < -0.3 is 15.2 Å². The standard InChI is InChI=1S/C18H31NO2/c1-15-9-10-17(21-12-8-6-5-7-11-20)16(13-15)14-19-18(2,3)4/h9-10,13,19-20H,5-8,11-12,14H2,1-4H3. The number of hydrogen-bond acceptors (Lipinski definition) is 3. The van der Waals surface area contributed by atoms with Crippen LogP contribution >= 0.6 is 0 Å². The Labute approximate surface area is 129 Å². The average molecular weight is 293 g/mol. The lowest BCUT2D eigenvalue weighted by Crippen LogP contribution is -2.35. The van der Waals surface area contributed by atoms with Gasteiger partial charge in [-0.05, 0) is 53.0 Å². The Balaban J connectivity index is 2.48. The summed E-state index contributed by atoms with van der Waals surface area (Å²) in [6.07, 6.45) is 4.12. The van der Waals surface area contributed by atoms with Crippen molar-refractivity contribution < 1.29 is 9.84 Å². The molecule has 0 bridgehead atoms. The molecule has 0 aromatic heterocycles. The van der Waals surface area contributed by atoms with Gasteiger partial charge in [-0.3, -0.25) is 0 Å². The van der Waals surface area contributed by atoms with E-state index in [1.807, 2.05) is 0 Å². The summed E-state index contributed by atoms with van der Waals surface area (Å²) in [7, 11) is 0. The molecular weight excluding hydrogens is 262 g/mol. The molecule has 1 rings (SSSR count). The number of rotatable bonds is 9. The Morgan fingerprint density at radius 3 is 2.48 bits per heavy atom. The van der Waals surface area contributed by atoms with Crippen LogP contribution in [0, 0.1) is 6.92 Å². The van der Waals surface area contributed by atoms with Gasteiger partial charge in [0.1, 0.15) is 5.75 Å². The maximum absolute atomic E-state index is 8.75. The van der Waals surface area contributed by atoms with E-state index in [-0.39, 0.29) is 5.54 Å². The van der Waals surface area contributed by atoms with Gasteiger partial charge in [-0.25, -0.2) is 0 Å². The number of benzene rings is 1. The summed E-state index contributed by atoms with van der Waals surface area (Å²) in [5, 5.41) is 12.3. The maximum Gasteiger partial charge on any atom is 0.123 e. The van der Waals surface area contributed by atoms with Crippen LogP contribution in [0.1, 0.15) is 57.6 Å². The van der Waals surface area contributed by atoms with Crippen LogP contribution in [-0.4, -0.2) is 23.9 Å². The molecule has 0 saturated carbocycles. The average Bonchev–Trinajstić information content (AvgIpc) is 2.41. The van der Waals surface area contributed by atoms with Crippen LogP contribution in [0.2, 0.25) is 0 Å². The van der Waals surface area contributed by atoms with Gasteiger partial charge in [-0.1, -0.05) is 24.1 Å². The Hall–Kier alpha value is -1.06. The third kappa shape index (κ3) is 8.08. The molecule has 0 aliphatic rings. The summed E-state index contributed by atoms with van der Waals surface area (Å²) < 4.78 is 5.94. The van der Waals surface area contributed by atoms with Gasteiger partial charge in [0.25, 0.3) is 0 Å². The molecule has 0 fully saturated rings. The second kappa shape index (κ2) is 9.06. The molecule has 0 unspecified atom stereocenters. The first-order valence-corrected chi connectivity index (χ1v) is 8.00. The molecule has 2 N–H and O–H groups in total. The summed E-state index contributed by atoms with van der Waals surface area (Å²) in [6.45, 7) is 10.5. The van der Waals surface area contributed by atoms with Crippen LogP contribution < -0.4 is 10.1 Å². The predicted molar refractivity (Wildman–Crippen MR) is 88.8 cm³/mol. The molecule has 1 aromatic rings. The van der Waals surface area contributed by atoms with E-state index < -0.39 is 0 Å². The van der Waals surface area contributed by atoms with Crippen LogP contribution in [0.5, 0.6) is 5.75 Å². The van der Waals surface area contributed by atoms with E-state index in [4.69, 9.17) is 9.84 Å². The van der Waals surface area contributed by atoms with Gasteiger partial charge in [0.05, 0.1) is 6.61 Å². The number of hydrogen-bond donors (Lipinski definition) is 2. The molecule has 1 aromatic carbocycles. The van der Waals surface area contributed by atoms with Gasteiger partial charge in [0.2, 0.25) is 0 Å². The van der Waals surface area contributed by atoms with Crippen LogP contribution in [0.15, 0.2) is 18.2 Å². The third-order valence-electron chi connectivity index (χ3n) is 3.34. The lowest BCUT2D eigenvalue weighted by Gasteiger charge is -2.22. The van der Waals surface area contributed by atoms with Crippen LogP contribution in [0.3, 0.4) is 0 Å². The molecule has 0 saturated heterocycles. The van der Waals surface area contributed by atoms with Crippen molar-refractivity contribution in [3.63, 3.8) is 0 Å². The summed E-state index contributed by atoms with van der Waals surface area (Å²) in [4.78, 5) is 0. The van der Waals surface area contributed by atoms with Gasteiger partial charge in [0, 0.05) is 24.3 Å². The summed E-state index contributed by atoms with van der Waals surface area (Å²) >= 11 is 0. The minimum absolute atomic E-state index is 0.102. The quantitative estimate of drug-likeness (QED) is 0.680. The lowest BCUT2D eigenvalue weighted by atomic mass is 10.1.